The lowest BCUT2D eigenvalue weighted by Gasteiger charge is -2.29. The predicted molar refractivity (Wildman–Crippen MR) is 100.0 cm³/mol. The highest BCUT2D eigenvalue weighted by Crippen LogP contribution is 2.39. The average Bonchev–Trinajstić information content (AvgIpc) is 3.18. The number of amides is 1. The van der Waals surface area contributed by atoms with Crippen molar-refractivity contribution in [2.45, 2.75) is 25.8 Å². The number of hydrogen-bond donors (Lipinski definition) is 1. The summed E-state index contributed by atoms with van der Waals surface area (Å²) >= 11 is 3.68. The third-order valence-electron chi connectivity index (χ3n) is 4.87. The predicted octanol–water partition coefficient (Wildman–Crippen LogP) is 4.95. The second-order valence-electron chi connectivity index (χ2n) is 6.36. The van der Waals surface area contributed by atoms with Crippen LogP contribution in [0.25, 0.3) is 10.9 Å². The minimum absolute atomic E-state index is 0.0638. The number of nitrogens with one attached hydrogen (secondary N) is 1. The molecule has 0 aliphatic carbocycles. The Morgan fingerprint density at radius 2 is 1.96 bits per heavy atom. The van der Waals surface area contributed by atoms with Gasteiger partial charge in [-0.05, 0) is 30.5 Å². The summed E-state index contributed by atoms with van der Waals surface area (Å²) in [6.07, 6.45) is 3.64. The lowest BCUT2D eigenvalue weighted by molar-refractivity contribution is -0.129. The van der Waals surface area contributed by atoms with Crippen molar-refractivity contribution in [1.29, 1.82) is 0 Å². The van der Waals surface area contributed by atoms with Crippen LogP contribution in [0.4, 0.5) is 0 Å². The number of carbonyl (C=O) groups is 1. The zero-order valence-electron chi connectivity index (χ0n) is 13.6. The van der Waals surface area contributed by atoms with Gasteiger partial charge in [0.1, 0.15) is 0 Å². The van der Waals surface area contributed by atoms with Gasteiger partial charge in [0, 0.05) is 40.1 Å². The van der Waals surface area contributed by atoms with Crippen LogP contribution in [0.15, 0.2) is 53.1 Å². The molecule has 1 atom stereocenters. The lowest BCUT2D eigenvalue weighted by Crippen LogP contribution is -2.30. The van der Waals surface area contributed by atoms with E-state index in [9.17, 15) is 4.79 Å². The number of aromatic nitrogens is 1. The quantitative estimate of drug-likeness (QED) is 0.683. The highest BCUT2D eigenvalue weighted by atomic mass is 79.9. The standard InChI is InChI=1S/C20H19BrN2O/c1-13-6-4-8-14-16(12-22-19(13)14)20(23-11-5-10-18(23)24)15-7-2-3-9-17(15)21/h2-4,6-9,12,20,22H,5,10-11H2,1H3. The fourth-order valence-corrected chi connectivity index (χ4v) is 4.20. The molecule has 0 radical (unpaired) electrons. The molecule has 2 aromatic carbocycles. The van der Waals surface area contributed by atoms with Crippen molar-refractivity contribution in [2.75, 3.05) is 6.54 Å². The van der Waals surface area contributed by atoms with E-state index in [1.54, 1.807) is 0 Å². The number of rotatable bonds is 3. The van der Waals surface area contributed by atoms with Crippen LogP contribution in [-0.2, 0) is 4.79 Å². The number of para-hydroxylation sites is 1. The lowest BCUT2D eigenvalue weighted by atomic mass is 9.96. The normalized spacial score (nSPS) is 16.1. The first-order valence-corrected chi connectivity index (χ1v) is 9.06. The van der Waals surface area contributed by atoms with Gasteiger partial charge in [0.2, 0.25) is 5.91 Å². The van der Waals surface area contributed by atoms with Gasteiger partial charge in [0.25, 0.3) is 0 Å². The van der Waals surface area contributed by atoms with Crippen molar-refractivity contribution in [2.24, 2.45) is 0 Å². The fourth-order valence-electron chi connectivity index (χ4n) is 3.70. The number of aryl methyl sites for hydroxylation is 1. The van der Waals surface area contributed by atoms with E-state index in [1.165, 1.54) is 10.9 Å². The molecule has 1 aliphatic heterocycles. The number of benzene rings is 2. The minimum atomic E-state index is -0.0638. The number of aromatic amines is 1. The Balaban J connectivity index is 1.94. The molecule has 1 aromatic heterocycles. The average molecular weight is 383 g/mol. The molecule has 1 aliphatic rings. The summed E-state index contributed by atoms with van der Waals surface area (Å²) < 4.78 is 1.04. The molecule has 0 spiro atoms. The van der Waals surface area contributed by atoms with Crippen LogP contribution in [0, 0.1) is 6.92 Å². The van der Waals surface area contributed by atoms with Crippen molar-refractivity contribution in [3.05, 3.63) is 69.8 Å². The van der Waals surface area contributed by atoms with Gasteiger partial charge in [-0.25, -0.2) is 0 Å². The SMILES string of the molecule is Cc1cccc2c(C(c3ccccc3Br)N3CCCC3=O)c[nH]c12. The minimum Gasteiger partial charge on any atom is -0.361 e. The van der Waals surface area contributed by atoms with Crippen LogP contribution in [0.1, 0.15) is 35.6 Å². The van der Waals surface area contributed by atoms with Gasteiger partial charge >= 0.3 is 0 Å². The molecular weight excluding hydrogens is 364 g/mol. The third kappa shape index (κ3) is 2.46. The van der Waals surface area contributed by atoms with Crippen molar-refractivity contribution in [3.8, 4) is 0 Å². The molecule has 1 unspecified atom stereocenters. The number of nitrogens with zero attached hydrogens (tertiary/aromatic N) is 1. The summed E-state index contributed by atoms with van der Waals surface area (Å²) in [5.41, 5.74) is 4.67. The summed E-state index contributed by atoms with van der Waals surface area (Å²) in [4.78, 5) is 17.9. The van der Waals surface area contributed by atoms with E-state index in [1.807, 2.05) is 23.1 Å². The molecule has 2 heterocycles. The molecule has 24 heavy (non-hydrogen) atoms. The fraction of sp³-hybridized carbons (Fsp3) is 0.250. The Kier molecular flexibility index (Phi) is 3.93. The van der Waals surface area contributed by atoms with E-state index in [0.29, 0.717) is 6.42 Å². The van der Waals surface area contributed by atoms with Crippen molar-refractivity contribution >= 4 is 32.7 Å². The first-order chi connectivity index (χ1) is 11.7. The molecule has 0 saturated carbocycles. The Labute approximate surface area is 149 Å². The largest absolute Gasteiger partial charge is 0.361 e. The second kappa shape index (κ2) is 6.10. The maximum absolute atomic E-state index is 12.5. The maximum atomic E-state index is 12.5. The van der Waals surface area contributed by atoms with E-state index in [4.69, 9.17) is 0 Å². The van der Waals surface area contributed by atoms with Gasteiger partial charge in [-0.1, -0.05) is 52.3 Å². The molecule has 3 aromatic rings. The molecule has 0 bridgehead atoms. The van der Waals surface area contributed by atoms with Crippen LogP contribution >= 0.6 is 15.9 Å². The summed E-state index contributed by atoms with van der Waals surface area (Å²) in [6, 6.07) is 14.5. The smallest absolute Gasteiger partial charge is 0.223 e. The van der Waals surface area contributed by atoms with E-state index in [0.717, 1.165) is 34.1 Å². The van der Waals surface area contributed by atoms with Gasteiger partial charge in [-0.3, -0.25) is 4.79 Å². The Morgan fingerprint density at radius 1 is 1.12 bits per heavy atom. The van der Waals surface area contributed by atoms with E-state index in [2.05, 4.69) is 58.3 Å². The van der Waals surface area contributed by atoms with E-state index in [-0.39, 0.29) is 11.9 Å². The van der Waals surface area contributed by atoms with Crippen LogP contribution in [0.5, 0.6) is 0 Å². The van der Waals surface area contributed by atoms with Gasteiger partial charge in [0.15, 0.2) is 0 Å². The van der Waals surface area contributed by atoms with Crippen LogP contribution in [-0.4, -0.2) is 22.3 Å². The molecule has 3 nitrogen and oxygen atoms in total. The highest BCUT2D eigenvalue weighted by Gasteiger charge is 2.32. The summed E-state index contributed by atoms with van der Waals surface area (Å²) in [7, 11) is 0. The van der Waals surface area contributed by atoms with Gasteiger partial charge in [-0.15, -0.1) is 0 Å². The van der Waals surface area contributed by atoms with Crippen molar-refractivity contribution in [3.63, 3.8) is 0 Å². The van der Waals surface area contributed by atoms with Gasteiger partial charge in [0.05, 0.1) is 6.04 Å². The Hall–Kier alpha value is -2.07. The molecule has 122 valence electrons. The Morgan fingerprint density at radius 3 is 2.71 bits per heavy atom. The molecule has 1 amide bonds. The maximum Gasteiger partial charge on any atom is 0.223 e. The zero-order chi connectivity index (χ0) is 16.7. The topological polar surface area (TPSA) is 36.1 Å². The van der Waals surface area contributed by atoms with Crippen LogP contribution in [0.3, 0.4) is 0 Å². The number of likely N-dealkylation sites (tertiary alicyclic amines) is 1. The molecule has 4 heteroatoms. The highest BCUT2D eigenvalue weighted by molar-refractivity contribution is 9.10. The number of hydrogen-bond acceptors (Lipinski definition) is 1. The van der Waals surface area contributed by atoms with Gasteiger partial charge in [-0.2, -0.15) is 0 Å². The number of H-pyrrole nitrogens is 1. The second-order valence-corrected chi connectivity index (χ2v) is 7.21. The first kappa shape index (κ1) is 15.5. The third-order valence-corrected chi connectivity index (χ3v) is 5.59. The summed E-state index contributed by atoms with van der Waals surface area (Å²) in [5.74, 6) is 0.234. The number of carbonyl (C=O) groups excluding carboxylic acids is 1. The van der Waals surface area contributed by atoms with Crippen LogP contribution in [0.2, 0.25) is 0 Å². The van der Waals surface area contributed by atoms with Crippen LogP contribution < -0.4 is 0 Å². The zero-order valence-corrected chi connectivity index (χ0v) is 15.1. The van der Waals surface area contributed by atoms with Gasteiger partial charge < -0.3 is 9.88 Å². The molecular formula is C20H19BrN2O. The van der Waals surface area contributed by atoms with Crippen molar-refractivity contribution < 1.29 is 4.79 Å². The van der Waals surface area contributed by atoms with E-state index >= 15 is 0 Å². The monoisotopic (exact) mass is 382 g/mol. The molecule has 1 N–H and O–H groups in total. The van der Waals surface area contributed by atoms with E-state index < -0.39 is 0 Å². The first-order valence-electron chi connectivity index (χ1n) is 8.27. The molecule has 1 fully saturated rings. The Bertz CT molecular complexity index is 915. The summed E-state index contributed by atoms with van der Waals surface area (Å²) in [5, 5.41) is 1.19. The number of fused-ring (bicyclic) bond motifs is 1. The molecule has 1 saturated heterocycles. The van der Waals surface area contributed by atoms with Crippen molar-refractivity contribution in [1.82, 2.24) is 9.88 Å². The molecule has 4 rings (SSSR count). The summed E-state index contributed by atoms with van der Waals surface area (Å²) in [6.45, 7) is 2.92. The number of halogens is 1.